The number of carbonyl (C=O) groups excluding carboxylic acids is 1. The van der Waals surface area contributed by atoms with Gasteiger partial charge in [-0.05, 0) is 37.0 Å². The lowest BCUT2D eigenvalue weighted by molar-refractivity contribution is -0.141. The first-order valence-corrected chi connectivity index (χ1v) is 10.00. The fourth-order valence-electron chi connectivity index (χ4n) is 4.63. The highest BCUT2D eigenvalue weighted by Gasteiger charge is 2.61. The van der Waals surface area contributed by atoms with Gasteiger partial charge in [-0.25, -0.2) is 4.52 Å². The van der Waals surface area contributed by atoms with Crippen molar-refractivity contribution in [2.24, 2.45) is 17.3 Å². The Labute approximate surface area is 175 Å². The lowest BCUT2D eigenvalue weighted by Gasteiger charge is -2.23. The topological polar surface area (TPSA) is 74.3 Å². The molecule has 1 saturated carbocycles. The molecule has 0 spiro atoms. The number of halogens is 3. The van der Waals surface area contributed by atoms with E-state index in [-0.39, 0.29) is 17.7 Å². The fraction of sp³-hybridized carbons (Fsp3) is 0.364. The molecular weight excluding hydrogens is 407 g/mol. The van der Waals surface area contributed by atoms with Crippen LogP contribution >= 0.6 is 0 Å². The predicted molar refractivity (Wildman–Crippen MR) is 106 cm³/mol. The van der Waals surface area contributed by atoms with Crippen LogP contribution in [0.25, 0.3) is 16.6 Å². The summed E-state index contributed by atoms with van der Waals surface area (Å²) in [4.78, 5) is 18.5. The lowest BCUT2D eigenvalue weighted by atomic mass is 9.75. The number of hydrogen-bond donors (Lipinski definition) is 0. The molecule has 1 aliphatic carbocycles. The van der Waals surface area contributed by atoms with Gasteiger partial charge in [0, 0.05) is 42.2 Å². The zero-order chi connectivity index (χ0) is 22.0. The Bertz CT molecular complexity index is 1220. The molecule has 1 amide bonds. The molecule has 0 N–H and O–H groups in total. The summed E-state index contributed by atoms with van der Waals surface area (Å²) in [6.45, 7) is 2.38. The number of nitrogens with zero attached hydrogens (tertiary/aromatic N) is 5. The molecule has 2 fully saturated rings. The van der Waals surface area contributed by atoms with Gasteiger partial charge in [0.25, 0.3) is 0 Å². The highest BCUT2D eigenvalue weighted by Crippen LogP contribution is 2.54. The smallest absolute Gasteiger partial charge is 0.309 e. The van der Waals surface area contributed by atoms with Gasteiger partial charge in [0.1, 0.15) is 11.1 Å². The maximum Gasteiger partial charge on any atom is 0.433 e. The van der Waals surface area contributed by atoms with Crippen LogP contribution in [0.1, 0.15) is 25.5 Å². The van der Waals surface area contributed by atoms with Gasteiger partial charge in [0.15, 0.2) is 0 Å². The average molecular weight is 425 g/mol. The highest BCUT2D eigenvalue weighted by atomic mass is 19.4. The van der Waals surface area contributed by atoms with Gasteiger partial charge in [-0.3, -0.25) is 9.78 Å². The number of rotatable bonds is 3. The van der Waals surface area contributed by atoms with Gasteiger partial charge in [0.05, 0.1) is 17.3 Å². The van der Waals surface area contributed by atoms with Crippen LogP contribution in [0.5, 0.6) is 0 Å². The third kappa shape index (κ3) is 2.89. The molecule has 5 rings (SSSR count). The van der Waals surface area contributed by atoms with Crippen molar-refractivity contribution in [2.45, 2.75) is 25.9 Å². The molecule has 9 heteroatoms. The number of aromatic nitrogens is 3. The molecule has 31 heavy (non-hydrogen) atoms. The molecule has 3 aromatic rings. The second-order valence-electron chi connectivity index (χ2n) is 8.28. The minimum Gasteiger partial charge on any atom is -0.309 e. The van der Waals surface area contributed by atoms with E-state index in [1.54, 1.807) is 33.9 Å². The van der Waals surface area contributed by atoms with E-state index < -0.39 is 17.3 Å². The SMILES string of the molecule is C[C@@H]1CN(c2ccnn3cc(-c4ccc(C(F)(F)F)nc4)cc23)C(=O)[C@]1(C#N)C1CC1. The summed E-state index contributed by atoms with van der Waals surface area (Å²) >= 11 is 0. The Hall–Kier alpha value is -3.41. The van der Waals surface area contributed by atoms with Crippen molar-refractivity contribution in [1.29, 1.82) is 5.26 Å². The highest BCUT2D eigenvalue weighted by molar-refractivity contribution is 6.05. The van der Waals surface area contributed by atoms with Crippen molar-refractivity contribution in [2.75, 3.05) is 11.4 Å². The number of nitriles is 1. The molecule has 0 radical (unpaired) electrons. The van der Waals surface area contributed by atoms with Crippen molar-refractivity contribution < 1.29 is 18.0 Å². The van der Waals surface area contributed by atoms with E-state index in [9.17, 15) is 23.2 Å². The van der Waals surface area contributed by atoms with E-state index in [4.69, 9.17) is 0 Å². The molecule has 1 saturated heterocycles. The molecule has 158 valence electrons. The summed E-state index contributed by atoms with van der Waals surface area (Å²) in [5, 5.41) is 14.2. The number of alkyl halides is 3. The molecule has 1 aliphatic heterocycles. The van der Waals surface area contributed by atoms with Crippen molar-refractivity contribution in [3.63, 3.8) is 0 Å². The molecule has 2 atom stereocenters. The van der Waals surface area contributed by atoms with Gasteiger partial charge < -0.3 is 4.90 Å². The minimum absolute atomic E-state index is 0.0979. The van der Waals surface area contributed by atoms with Crippen LogP contribution in [0, 0.1) is 28.6 Å². The fourth-order valence-corrected chi connectivity index (χ4v) is 4.63. The van der Waals surface area contributed by atoms with E-state index in [0.717, 1.165) is 18.9 Å². The number of fused-ring (bicyclic) bond motifs is 1. The van der Waals surface area contributed by atoms with E-state index in [1.807, 2.05) is 6.92 Å². The number of amides is 1. The molecule has 2 aliphatic rings. The van der Waals surface area contributed by atoms with Crippen molar-refractivity contribution in [1.82, 2.24) is 14.6 Å². The van der Waals surface area contributed by atoms with Crippen LogP contribution in [-0.4, -0.2) is 27.0 Å². The van der Waals surface area contributed by atoms with Crippen LogP contribution in [0.4, 0.5) is 18.9 Å². The minimum atomic E-state index is -4.50. The van der Waals surface area contributed by atoms with Gasteiger partial charge in [-0.2, -0.15) is 23.5 Å². The van der Waals surface area contributed by atoms with E-state index >= 15 is 0 Å². The predicted octanol–water partition coefficient (Wildman–Crippen LogP) is 4.32. The number of carbonyl (C=O) groups is 1. The summed E-state index contributed by atoms with van der Waals surface area (Å²) in [6, 6.07) is 8.13. The summed E-state index contributed by atoms with van der Waals surface area (Å²) in [6.07, 6.45) is 1.71. The summed E-state index contributed by atoms with van der Waals surface area (Å²) in [5.41, 5.74) is 0.471. The third-order valence-corrected chi connectivity index (χ3v) is 6.40. The molecule has 0 aromatic carbocycles. The molecule has 6 nitrogen and oxygen atoms in total. The molecule has 0 bridgehead atoms. The first kappa shape index (κ1) is 19.5. The largest absolute Gasteiger partial charge is 0.433 e. The molecule has 3 aromatic heterocycles. The Morgan fingerprint density at radius 1 is 1.23 bits per heavy atom. The summed E-state index contributed by atoms with van der Waals surface area (Å²) < 4.78 is 40.0. The van der Waals surface area contributed by atoms with Gasteiger partial charge in [-0.1, -0.05) is 13.0 Å². The third-order valence-electron chi connectivity index (χ3n) is 6.40. The normalized spacial score (nSPS) is 24.0. The van der Waals surface area contributed by atoms with Gasteiger partial charge in [-0.15, -0.1) is 0 Å². The Morgan fingerprint density at radius 3 is 2.61 bits per heavy atom. The zero-order valence-corrected chi connectivity index (χ0v) is 16.6. The van der Waals surface area contributed by atoms with Crippen molar-refractivity contribution in [3.8, 4) is 17.2 Å². The van der Waals surface area contributed by atoms with Crippen LogP contribution < -0.4 is 4.90 Å². The maximum atomic E-state index is 13.4. The standard InChI is InChI=1S/C22H18F3N5O/c1-13-10-29(20(31)21(13,12-26)16-3-4-16)17-6-7-28-30-11-15(8-18(17)30)14-2-5-19(27-9-14)22(23,24)25/h2,5-9,11,13,16H,3-4,10H2,1H3/t13-,21+/m1/s1. The zero-order valence-electron chi connectivity index (χ0n) is 16.6. The van der Waals surface area contributed by atoms with E-state index in [2.05, 4.69) is 16.2 Å². The van der Waals surface area contributed by atoms with Crippen LogP contribution in [0.2, 0.25) is 0 Å². The van der Waals surface area contributed by atoms with E-state index in [0.29, 0.717) is 28.9 Å². The quantitative estimate of drug-likeness (QED) is 0.627. The Kier molecular flexibility index (Phi) is 4.13. The number of hydrogen-bond acceptors (Lipinski definition) is 4. The molecule has 0 unspecified atom stereocenters. The van der Waals surface area contributed by atoms with Crippen molar-refractivity contribution in [3.05, 3.63) is 48.5 Å². The van der Waals surface area contributed by atoms with Crippen LogP contribution in [0.15, 0.2) is 42.9 Å². The molecular formula is C22H18F3N5O. The van der Waals surface area contributed by atoms with E-state index in [1.165, 1.54) is 12.3 Å². The second kappa shape index (κ2) is 6.54. The lowest BCUT2D eigenvalue weighted by Crippen LogP contribution is -2.37. The Morgan fingerprint density at radius 2 is 2.00 bits per heavy atom. The van der Waals surface area contributed by atoms with Crippen molar-refractivity contribution >= 4 is 17.1 Å². The van der Waals surface area contributed by atoms with Gasteiger partial charge in [0.2, 0.25) is 5.91 Å². The second-order valence-corrected chi connectivity index (χ2v) is 8.28. The summed E-state index contributed by atoms with van der Waals surface area (Å²) in [7, 11) is 0. The summed E-state index contributed by atoms with van der Waals surface area (Å²) in [5.74, 6) is -0.181. The monoisotopic (exact) mass is 425 g/mol. The Balaban J connectivity index is 1.54. The number of pyridine rings is 1. The average Bonchev–Trinajstić information content (AvgIpc) is 3.44. The van der Waals surface area contributed by atoms with Gasteiger partial charge >= 0.3 is 6.18 Å². The number of anilines is 1. The first-order valence-electron chi connectivity index (χ1n) is 10.00. The van der Waals surface area contributed by atoms with Crippen LogP contribution in [0.3, 0.4) is 0 Å². The molecule has 4 heterocycles. The maximum absolute atomic E-state index is 13.4. The first-order chi connectivity index (χ1) is 14.8. The van der Waals surface area contributed by atoms with Crippen LogP contribution in [-0.2, 0) is 11.0 Å².